The van der Waals surface area contributed by atoms with E-state index in [0.717, 1.165) is 38.4 Å². The minimum atomic E-state index is -1.04. The molecule has 2 saturated carbocycles. The van der Waals surface area contributed by atoms with Gasteiger partial charge in [0.1, 0.15) is 12.1 Å². The molecule has 4 aliphatic rings. The molecule has 29 heavy (non-hydrogen) atoms. The van der Waals surface area contributed by atoms with Gasteiger partial charge >= 0.3 is 0 Å². The number of fused-ring (bicyclic) bond motifs is 3. The van der Waals surface area contributed by atoms with Crippen LogP contribution in [0.4, 0.5) is 0 Å². The highest BCUT2D eigenvalue weighted by atomic mass is 16.5. The van der Waals surface area contributed by atoms with Gasteiger partial charge in [0.05, 0.1) is 23.2 Å². The molecule has 0 radical (unpaired) electrons. The van der Waals surface area contributed by atoms with Crippen molar-refractivity contribution in [1.82, 2.24) is 0 Å². The third-order valence-electron chi connectivity index (χ3n) is 8.68. The first-order valence-electron chi connectivity index (χ1n) is 11.3. The summed E-state index contributed by atoms with van der Waals surface area (Å²) in [4.78, 5) is 24.6. The van der Waals surface area contributed by atoms with Crippen molar-refractivity contribution in [1.29, 1.82) is 0 Å². The van der Waals surface area contributed by atoms with Crippen LogP contribution in [0.15, 0.2) is 23.3 Å². The van der Waals surface area contributed by atoms with Gasteiger partial charge in [-0.15, -0.1) is 0 Å². The number of carbonyl (C=O) groups excluding carboxylic acids is 2. The van der Waals surface area contributed by atoms with Gasteiger partial charge in [0.25, 0.3) is 0 Å². The Morgan fingerprint density at radius 2 is 2.00 bits per heavy atom. The van der Waals surface area contributed by atoms with E-state index in [2.05, 4.69) is 33.8 Å². The van der Waals surface area contributed by atoms with Crippen molar-refractivity contribution in [2.75, 3.05) is 0 Å². The molecule has 160 valence electrons. The molecule has 0 aromatic rings. The fraction of sp³-hybridized carbons (Fsp3) is 0.760. The molecule has 3 fully saturated rings. The molecule has 4 rings (SSSR count). The van der Waals surface area contributed by atoms with E-state index in [1.165, 1.54) is 5.57 Å². The number of allylic oxidation sites excluding steroid dienone is 3. The van der Waals surface area contributed by atoms with E-state index >= 15 is 0 Å². The van der Waals surface area contributed by atoms with E-state index in [4.69, 9.17) is 4.74 Å². The lowest BCUT2D eigenvalue weighted by molar-refractivity contribution is -0.122. The van der Waals surface area contributed by atoms with Gasteiger partial charge in [-0.3, -0.25) is 9.59 Å². The van der Waals surface area contributed by atoms with E-state index in [0.29, 0.717) is 17.4 Å². The van der Waals surface area contributed by atoms with Crippen LogP contribution in [0.1, 0.15) is 73.1 Å². The Morgan fingerprint density at radius 3 is 2.66 bits per heavy atom. The first-order chi connectivity index (χ1) is 13.5. The van der Waals surface area contributed by atoms with Crippen LogP contribution in [-0.2, 0) is 14.3 Å². The molecule has 3 aliphatic carbocycles. The number of ketones is 1. The molecule has 0 bridgehead atoms. The molecule has 0 aromatic heterocycles. The second-order valence-electron chi connectivity index (χ2n) is 11.0. The van der Waals surface area contributed by atoms with Gasteiger partial charge in [0, 0.05) is 12.3 Å². The van der Waals surface area contributed by atoms with Crippen LogP contribution in [0, 0.1) is 29.1 Å². The van der Waals surface area contributed by atoms with Gasteiger partial charge < -0.3 is 9.84 Å². The van der Waals surface area contributed by atoms with Gasteiger partial charge in [0.15, 0.2) is 0 Å². The van der Waals surface area contributed by atoms with Crippen LogP contribution in [0.25, 0.3) is 0 Å². The molecule has 0 aromatic carbocycles. The van der Waals surface area contributed by atoms with Crippen molar-refractivity contribution in [3.8, 4) is 0 Å². The molecule has 1 spiro atoms. The number of ether oxygens (including phenoxy) is 1. The molecule has 1 saturated heterocycles. The summed E-state index contributed by atoms with van der Waals surface area (Å²) in [6.07, 6.45) is 10.0. The Balaban J connectivity index is 1.74. The Morgan fingerprint density at radius 1 is 1.28 bits per heavy atom. The molecule has 1 aliphatic heterocycles. The number of Topliss-reactive ketones (excluding diaryl/α,β-unsaturated/α-hetero) is 1. The monoisotopic (exact) mass is 400 g/mol. The number of aliphatic hydroxyl groups is 1. The Labute approximate surface area is 174 Å². The van der Waals surface area contributed by atoms with E-state index in [9.17, 15) is 14.7 Å². The van der Waals surface area contributed by atoms with Crippen LogP contribution >= 0.6 is 0 Å². The van der Waals surface area contributed by atoms with Crippen LogP contribution in [0.5, 0.6) is 0 Å². The van der Waals surface area contributed by atoms with Crippen molar-refractivity contribution in [2.24, 2.45) is 29.1 Å². The average molecular weight is 401 g/mol. The van der Waals surface area contributed by atoms with E-state index in [-0.39, 0.29) is 35.2 Å². The Hall–Kier alpha value is -1.26. The number of carbonyl (C=O) groups is 2. The first-order valence-corrected chi connectivity index (χ1v) is 11.3. The Kier molecular flexibility index (Phi) is 4.98. The molecule has 4 nitrogen and oxygen atoms in total. The van der Waals surface area contributed by atoms with Gasteiger partial charge in [-0.05, 0) is 75.7 Å². The Bertz CT molecular complexity index is 774. The summed E-state index contributed by atoms with van der Waals surface area (Å²) in [6, 6.07) is 0. The summed E-state index contributed by atoms with van der Waals surface area (Å²) in [6.45, 7) is 10.7. The minimum absolute atomic E-state index is 0.00341. The highest BCUT2D eigenvalue weighted by Gasteiger charge is 2.63. The fourth-order valence-electron chi connectivity index (χ4n) is 7.28. The van der Waals surface area contributed by atoms with Crippen LogP contribution in [0.3, 0.4) is 0 Å². The summed E-state index contributed by atoms with van der Waals surface area (Å²) < 4.78 is 6.79. The third kappa shape index (κ3) is 3.18. The average Bonchev–Trinajstić information content (AvgIpc) is 3.12. The molecule has 4 heteroatoms. The van der Waals surface area contributed by atoms with Gasteiger partial charge in [-0.2, -0.15) is 0 Å². The number of hydrogen-bond acceptors (Lipinski definition) is 4. The van der Waals surface area contributed by atoms with Crippen molar-refractivity contribution in [3.05, 3.63) is 23.3 Å². The van der Waals surface area contributed by atoms with Crippen molar-refractivity contribution in [3.63, 3.8) is 0 Å². The molecular formula is C25H36O4. The van der Waals surface area contributed by atoms with E-state index in [1.54, 1.807) is 6.92 Å². The van der Waals surface area contributed by atoms with Crippen LogP contribution < -0.4 is 0 Å². The largest absolute Gasteiger partial charge is 0.389 e. The van der Waals surface area contributed by atoms with E-state index < -0.39 is 11.5 Å². The maximum atomic E-state index is 12.7. The molecule has 1 heterocycles. The molecule has 0 amide bonds. The quantitative estimate of drug-likeness (QED) is 0.551. The van der Waals surface area contributed by atoms with E-state index in [1.807, 2.05) is 6.08 Å². The topological polar surface area (TPSA) is 63.6 Å². The second kappa shape index (κ2) is 6.88. The zero-order valence-electron chi connectivity index (χ0n) is 18.5. The van der Waals surface area contributed by atoms with Crippen molar-refractivity contribution < 1.29 is 19.4 Å². The normalized spacial score (nSPS) is 49.2. The summed E-state index contributed by atoms with van der Waals surface area (Å²) in [7, 11) is 0. The zero-order chi connectivity index (χ0) is 21.2. The molecule has 0 unspecified atom stereocenters. The van der Waals surface area contributed by atoms with Gasteiger partial charge in [-0.25, -0.2) is 0 Å². The highest BCUT2D eigenvalue weighted by Crippen LogP contribution is 2.64. The summed E-state index contributed by atoms with van der Waals surface area (Å²) in [5, 5.41) is 11.1. The summed E-state index contributed by atoms with van der Waals surface area (Å²) >= 11 is 0. The highest BCUT2D eigenvalue weighted by molar-refractivity contribution is 5.94. The lowest BCUT2D eigenvalue weighted by atomic mass is 9.62. The predicted molar refractivity (Wildman–Crippen MR) is 112 cm³/mol. The van der Waals surface area contributed by atoms with Gasteiger partial charge in [0.2, 0.25) is 0 Å². The van der Waals surface area contributed by atoms with Gasteiger partial charge in [-0.1, -0.05) is 31.6 Å². The predicted octanol–water partition coefficient (Wildman–Crippen LogP) is 4.41. The molecular weight excluding hydrogens is 364 g/mol. The maximum Gasteiger partial charge on any atom is 0.146 e. The molecule has 8 atom stereocenters. The number of rotatable bonds is 2. The number of aldehydes is 1. The van der Waals surface area contributed by atoms with Crippen molar-refractivity contribution in [2.45, 2.75) is 90.4 Å². The SMILES string of the molecule is CC(C)=C[C@H]1C[C@H](C)[C@]2(CC[C@@]3(C)C[C@@H]4[C@H](C(=O)C[C@]4(C)O)C(C=O)=CC[C@@H]32)O1. The standard InChI is InChI=1S/C25H36O4/c1-15(2)10-18-11-16(3)25(29-18)9-8-23(4)12-19-22(20(27)13-24(19,5)28)17(14-26)6-7-21(23)25/h6,10,14,16,18-19,21-22,28H,7-9,11-13H2,1-5H3/t16-,18-,19+,21-,22+,23-,24-,25-/m0/s1. The first kappa shape index (κ1) is 21.0. The maximum absolute atomic E-state index is 12.7. The third-order valence-corrected chi connectivity index (χ3v) is 8.68. The second-order valence-corrected chi connectivity index (χ2v) is 11.0. The lowest BCUT2D eigenvalue weighted by Gasteiger charge is -2.45. The summed E-state index contributed by atoms with van der Waals surface area (Å²) in [5.74, 6) is 0.117. The number of hydrogen-bond donors (Lipinski definition) is 1. The molecule has 1 N–H and O–H groups in total. The summed E-state index contributed by atoms with van der Waals surface area (Å²) in [5.41, 5.74) is 0.628. The lowest BCUT2D eigenvalue weighted by Crippen LogP contribution is -2.46. The van der Waals surface area contributed by atoms with Crippen molar-refractivity contribution >= 4 is 12.1 Å². The zero-order valence-corrected chi connectivity index (χ0v) is 18.5. The van der Waals surface area contributed by atoms with Crippen LogP contribution in [-0.4, -0.2) is 34.5 Å². The fourth-order valence-corrected chi connectivity index (χ4v) is 7.28. The van der Waals surface area contributed by atoms with Crippen LogP contribution in [0.2, 0.25) is 0 Å². The minimum Gasteiger partial charge on any atom is -0.389 e. The smallest absolute Gasteiger partial charge is 0.146 e.